The minimum absolute atomic E-state index is 0.0172. The molecule has 1 heterocycles. The van der Waals surface area contributed by atoms with E-state index in [1.807, 2.05) is 99.6 Å². The predicted molar refractivity (Wildman–Crippen MR) is 170 cm³/mol. The Morgan fingerprint density at radius 1 is 0.867 bits per heavy atom. The van der Waals surface area contributed by atoms with E-state index in [2.05, 4.69) is 4.90 Å². The van der Waals surface area contributed by atoms with Crippen LogP contribution in [0.1, 0.15) is 49.4 Å². The molecule has 0 spiro atoms. The number of halogens is 4. The molecule has 0 amide bonds. The monoisotopic (exact) mass is 634 g/mol. The lowest BCUT2D eigenvalue weighted by atomic mass is 9.80. The van der Waals surface area contributed by atoms with Crippen molar-refractivity contribution < 1.29 is 27.8 Å². The van der Waals surface area contributed by atoms with Gasteiger partial charge in [0.15, 0.2) is 5.72 Å². The van der Waals surface area contributed by atoms with Gasteiger partial charge in [0.1, 0.15) is 12.3 Å². The molecular formula is C36H34ClF3N2O3. The van der Waals surface area contributed by atoms with Crippen molar-refractivity contribution >= 4 is 28.5 Å². The average Bonchev–Trinajstić information content (AvgIpc) is 3.43. The van der Waals surface area contributed by atoms with E-state index in [0.717, 1.165) is 22.6 Å². The summed E-state index contributed by atoms with van der Waals surface area (Å²) >= 11 is 6.52. The van der Waals surface area contributed by atoms with Gasteiger partial charge >= 0.3 is 12.1 Å². The molecule has 0 saturated carbocycles. The average molecular weight is 635 g/mol. The predicted octanol–water partition coefficient (Wildman–Crippen LogP) is 9.37. The summed E-state index contributed by atoms with van der Waals surface area (Å²) in [6.07, 6.45) is -2.48. The van der Waals surface area contributed by atoms with Gasteiger partial charge in [-0.25, -0.2) is 4.90 Å². The molecule has 5 rings (SSSR count). The Morgan fingerprint density at radius 3 is 2.02 bits per heavy atom. The number of benzene rings is 4. The second-order valence-electron chi connectivity index (χ2n) is 11.3. The summed E-state index contributed by atoms with van der Waals surface area (Å²) in [6, 6.07) is 30.8. The molecule has 1 atom stereocenters. The highest BCUT2D eigenvalue weighted by molar-refractivity contribution is 6.32. The first-order valence-corrected chi connectivity index (χ1v) is 15.0. The molecule has 5 nitrogen and oxygen atoms in total. The Morgan fingerprint density at radius 2 is 1.47 bits per heavy atom. The lowest BCUT2D eigenvalue weighted by molar-refractivity contribution is -0.138. The van der Waals surface area contributed by atoms with Crippen molar-refractivity contribution in [3.8, 4) is 5.75 Å². The van der Waals surface area contributed by atoms with E-state index in [1.165, 1.54) is 6.07 Å². The van der Waals surface area contributed by atoms with Crippen molar-refractivity contribution in [2.45, 2.75) is 57.7 Å². The highest BCUT2D eigenvalue weighted by Gasteiger charge is 2.47. The van der Waals surface area contributed by atoms with Crippen LogP contribution in [0.4, 0.5) is 13.2 Å². The molecule has 0 unspecified atom stereocenters. The fraction of sp³-hybridized carbons (Fsp3) is 0.250. The highest BCUT2D eigenvalue weighted by atomic mass is 35.5. The first-order chi connectivity index (χ1) is 21.4. The third-order valence-electron chi connectivity index (χ3n) is 8.56. The van der Waals surface area contributed by atoms with Crippen LogP contribution >= 0.6 is 11.6 Å². The summed E-state index contributed by atoms with van der Waals surface area (Å²) in [4.78, 5) is 13.6. The number of alkyl halides is 3. The van der Waals surface area contributed by atoms with Crippen LogP contribution < -0.4 is 4.74 Å². The maximum Gasteiger partial charge on any atom is 0.417 e. The van der Waals surface area contributed by atoms with Crippen LogP contribution in [0, 0.1) is 0 Å². The second kappa shape index (κ2) is 12.6. The molecule has 1 aromatic heterocycles. The van der Waals surface area contributed by atoms with E-state index < -0.39 is 29.0 Å². The van der Waals surface area contributed by atoms with E-state index in [9.17, 15) is 23.1 Å². The molecule has 0 bridgehead atoms. The second-order valence-corrected chi connectivity index (χ2v) is 11.7. The highest BCUT2D eigenvalue weighted by Crippen LogP contribution is 2.45. The van der Waals surface area contributed by atoms with E-state index in [4.69, 9.17) is 16.3 Å². The number of hydrogen-bond acceptors (Lipinski definition) is 3. The number of carboxylic acid groups (broad SMARTS) is 1. The third kappa shape index (κ3) is 6.30. The SMILES string of the molecule is CC[C@@](C)(Oc1cccc2c1ccn2CC(=O)O)N(Cc1cccc(C(F)(F)F)c1Cl)C(C)(c1ccccc1)c1ccccc1. The largest absolute Gasteiger partial charge is 0.480 e. The van der Waals surface area contributed by atoms with Crippen molar-refractivity contribution in [2.75, 3.05) is 0 Å². The summed E-state index contributed by atoms with van der Waals surface area (Å²) in [5, 5.41) is 9.77. The van der Waals surface area contributed by atoms with Gasteiger partial charge in [-0.2, -0.15) is 13.2 Å². The van der Waals surface area contributed by atoms with Crippen molar-refractivity contribution in [3.05, 3.63) is 137 Å². The lowest BCUT2D eigenvalue weighted by Gasteiger charge is -2.51. The molecule has 0 saturated heterocycles. The topological polar surface area (TPSA) is 54.7 Å². The third-order valence-corrected chi connectivity index (χ3v) is 9.01. The number of carbonyl (C=O) groups is 1. The summed E-state index contributed by atoms with van der Waals surface area (Å²) in [5.41, 5.74) is -0.101. The molecule has 0 radical (unpaired) electrons. The zero-order valence-electron chi connectivity index (χ0n) is 25.2. The van der Waals surface area contributed by atoms with Gasteiger partial charge in [0, 0.05) is 18.1 Å². The van der Waals surface area contributed by atoms with Gasteiger partial charge in [-0.05, 0) is 61.2 Å². The summed E-state index contributed by atoms with van der Waals surface area (Å²) in [6.45, 7) is 5.74. The molecular weight excluding hydrogens is 601 g/mol. The van der Waals surface area contributed by atoms with Crippen molar-refractivity contribution in [3.63, 3.8) is 0 Å². The quantitative estimate of drug-likeness (QED) is 0.147. The smallest absolute Gasteiger partial charge is 0.417 e. The van der Waals surface area contributed by atoms with Gasteiger partial charge in [0.2, 0.25) is 0 Å². The Labute approximate surface area is 265 Å². The van der Waals surface area contributed by atoms with E-state index >= 15 is 0 Å². The number of aliphatic carboxylic acids is 1. The summed E-state index contributed by atoms with van der Waals surface area (Å²) in [7, 11) is 0. The van der Waals surface area contributed by atoms with E-state index in [-0.39, 0.29) is 18.1 Å². The minimum Gasteiger partial charge on any atom is -0.480 e. The standard InChI is InChI=1S/C36H34ClF3N2O3/c1-4-34(2,45-31-20-12-19-30-28(31)21-22-41(30)24-32(43)44)42(23-25-13-11-18-29(33(25)37)36(38,39)40)35(3,26-14-7-5-8-15-26)27-16-9-6-10-17-27/h5-22H,4,23-24H2,1-3H3,(H,43,44)/t34-/m1/s1. The molecule has 0 aliphatic carbocycles. The number of nitrogens with zero attached hydrogens (tertiary/aromatic N) is 2. The number of hydrogen-bond donors (Lipinski definition) is 1. The molecule has 0 aliphatic rings. The molecule has 1 N–H and O–H groups in total. The molecule has 5 aromatic rings. The Hall–Kier alpha value is -4.27. The number of ether oxygens (including phenoxy) is 1. The van der Waals surface area contributed by atoms with Crippen molar-refractivity contribution in [1.29, 1.82) is 0 Å². The molecule has 4 aromatic carbocycles. The van der Waals surface area contributed by atoms with Crippen LogP contribution in [0.2, 0.25) is 5.02 Å². The molecule has 0 fully saturated rings. The van der Waals surface area contributed by atoms with Gasteiger partial charge in [0.05, 0.1) is 21.6 Å². The Bertz CT molecular complexity index is 1750. The van der Waals surface area contributed by atoms with Crippen LogP contribution in [0.25, 0.3) is 10.9 Å². The minimum atomic E-state index is -4.62. The fourth-order valence-corrected chi connectivity index (χ4v) is 6.31. The molecule has 9 heteroatoms. The fourth-order valence-electron chi connectivity index (χ4n) is 6.02. The molecule has 0 aliphatic heterocycles. The summed E-state index contributed by atoms with van der Waals surface area (Å²) in [5.74, 6) is -0.451. The number of carboxylic acids is 1. The first-order valence-electron chi connectivity index (χ1n) is 14.6. The van der Waals surface area contributed by atoms with Gasteiger partial charge in [0.25, 0.3) is 0 Å². The van der Waals surface area contributed by atoms with Gasteiger partial charge in [-0.15, -0.1) is 0 Å². The maximum atomic E-state index is 14.0. The van der Waals surface area contributed by atoms with Gasteiger partial charge in [-0.1, -0.05) is 97.4 Å². The number of rotatable bonds is 11. The zero-order chi connectivity index (χ0) is 32.4. The number of fused-ring (bicyclic) bond motifs is 1. The first kappa shape index (κ1) is 32.1. The molecule has 45 heavy (non-hydrogen) atoms. The zero-order valence-corrected chi connectivity index (χ0v) is 25.9. The molecule has 234 valence electrons. The number of aromatic nitrogens is 1. The summed E-state index contributed by atoms with van der Waals surface area (Å²) < 4.78 is 50.5. The van der Waals surface area contributed by atoms with Gasteiger partial charge < -0.3 is 14.4 Å². The van der Waals surface area contributed by atoms with Crippen LogP contribution in [0.15, 0.2) is 109 Å². The van der Waals surface area contributed by atoms with Gasteiger partial charge in [-0.3, -0.25) is 4.79 Å². The maximum absolute atomic E-state index is 14.0. The lowest BCUT2D eigenvalue weighted by Crippen LogP contribution is -2.59. The van der Waals surface area contributed by atoms with E-state index in [1.54, 1.807) is 22.9 Å². The van der Waals surface area contributed by atoms with E-state index in [0.29, 0.717) is 23.3 Å². The van der Waals surface area contributed by atoms with Crippen LogP contribution in [0.5, 0.6) is 5.75 Å². The normalized spacial score (nSPS) is 13.6. The van der Waals surface area contributed by atoms with Crippen LogP contribution in [0.3, 0.4) is 0 Å². The van der Waals surface area contributed by atoms with Crippen molar-refractivity contribution in [1.82, 2.24) is 9.47 Å². The van der Waals surface area contributed by atoms with Crippen LogP contribution in [-0.4, -0.2) is 26.3 Å². The Balaban J connectivity index is 1.73. The Kier molecular flexibility index (Phi) is 9.01. The van der Waals surface area contributed by atoms with Crippen LogP contribution in [-0.2, 0) is 29.6 Å². The van der Waals surface area contributed by atoms with Crippen molar-refractivity contribution in [2.24, 2.45) is 0 Å².